The zero-order valence-electron chi connectivity index (χ0n) is 44.9. The molecule has 0 saturated heterocycles. The standard InChI is InChI=1S/C22H27N5O6.C20H23N5O6.CH2Cl2.7K.H/c1-4-7-14-33-21-24-19(23)18(27(29)30)20(25-21)26(22(28)31-6-3)12-11-16-9-8-10-17(15-16)32-13-5-2;1-2-29-20(26)24-10-9-14-7-6-8-15(13-14)30-11-4-3-5-12-31-19-22-17(21)16(25(27)28)18(24)23-19;2-1-3;;;;;;;;/h4-5,8-10,15H,1-2,6-7,11-14H2,3H3,(H2,23,24,25);3-4,6-8,13H,2,5,9-12H2,1H3,(H2,21,22,23);1H2;;;;;;;;/q;;;;;;;;;+1;-1/b;4-3+;;;;;;;;;. The van der Waals surface area contributed by atoms with Gasteiger partial charge >= 0.3 is 276 Å². The molecule has 4 bridgehead atoms. The Morgan fingerprint density at radius 1 is 0.878 bits per heavy atom. The molecule has 0 saturated carbocycles. The molecule has 22 nitrogen and oxygen atoms in total. The number of carbonyl (C=O) groups is 2. The van der Waals surface area contributed by atoms with Gasteiger partial charge in [0.15, 0.2) is 0 Å². The Labute approximate surface area is 621 Å². The Kier molecular flexibility index (Phi) is 55.6. The van der Waals surface area contributed by atoms with Crippen molar-refractivity contribution < 1.29 is 101 Å². The number of rotatable bonds is 15. The molecule has 1 aliphatic rings. The molecule has 0 fully saturated rings. The number of amides is 2. The first kappa shape index (κ1) is 80.1. The van der Waals surface area contributed by atoms with Crippen LogP contribution in [0.1, 0.15) is 39.2 Å². The van der Waals surface area contributed by atoms with E-state index in [1.54, 1.807) is 44.2 Å². The first-order chi connectivity index (χ1) is 35.3. The summed E-state index contributed by atoms with van der Waals surface area (Å²) in [5, 5.41) is 23.6. The van der Waals surface area contributed by atoms with Crippen LogP contribution < -0.4 is 91.6 Å². The van der Waals surface area contributed by atoms with Crippen molar-refractivity contribution in [3.05, 3.63) is 117 Å². The Hall–Kier alpha value is 3.99. The molecule has 74 heavy (non-hydrogen) atoms. The van der Waals surface area contributed by atoms with Crippen LogP contribution in [-0.2, 0) is 22.3 Å². The van der Waals surface area contributed by atoms with Crippen LogP contribution in [-0.4, -0.2) is 290 Å². The first-order valence-corrected chi connectivity index (χ1v) is 72.6. The van der Waals surface area contributed by atoms with Gasteiger partial charge in [0.2, 0.25) is 23.3 Å². The van der Waals surface area contributed by atoms with Crippen molar-refractivity contribution in [3.63, 3.8) is 0 Å². The van der Waals surface area contributed by atoms with Crippen LogP contribution in [0.2, 0.25) is 0 Å². The van der Waals surface area contributed by atoms with Crippen LogP contribution >= 0.6 is 23.2 Å². The number of nitrogens with zero attached hydrogens (tertiary/aromatic N) is 8. The van der Waals surface area contributed by atoms with E-state index in [9.17, 15) is 29.8 Å². The quantitative estimate of drug-likeness (QED) is 0.0432. The second-order valence-corrected chi connectivity index (χ2v) is 14.0. The molecule has 0 aliphatic carbocycles. The number of aromatic nitrogens is 4. The molecular formula is C43H53Cl2K7N10O12. The maximum atomic E-state index is 12.7. The SMILES string of the molecule is C=CCCOc1nc(N)c([N+](=O)[O-])c(N(CCc2cccc(OCC=C)c2)C(=O)OCC)n1.CCOC(=O)N1CCc2cccc(c2)OC/C=C/CCOc2nc(N)c([N+](=O)[O-])c1n2.ClCCl.[H-].[K+].[K][K].[K][K].[K][K]. The number of nitrogens with two attached hydrogens (primary N) is 2. The van der Waals surface area contributed by atoms with Crippen LogP contribution in [0.3, 0.4) is 0 Å². The molecule has 4 N–H and O–H groups in total. The average Bonchev–Trinajstić information content (AvgIpc) is 3.37. The van der Waals surface area contributed by atoms with Crippen LogP contribution in [0.5, 0.6) is 23.5 Å². The average molecular weight is 1250 g/mol. The van der Waals surface area contributed by atoms with Gasteiger partial charge in [-0.3, -0.25) is 30.0 Å². The van der Waals surface area contributed by atoms with E-state index in [0.717, 1.165) is 20.9 Å². The van der Waals surface area contributed by atoms with Crippen LogP contribution in [0.4, 0.5) is 44.2 Å². The summed E-state index contributed by atoms with van der Waals surface area (Å²) in [7, 11) is 0. The third kappa shape index (κ3) is 32.3. The number of halogens is 2. The fourth-order valence-electron chi connectivity index (χ4n) is 5.70. The second-order valence-electron chi connectivity index (χ2n) is 13.2. The molecule has 0 radical (unpaired) electrons. The third-order valence-electron chi connectivity index (χ3n) is 8.59. The molecule has 2 aromatic heterocycles. The number of anilines is 4. The molecule has 0 unspecified atom stereocenters. The number of carbonyl (C=O) groups excluding carboxylic acids is 2. The van der Waals surface area contributed by atoms with Crippen molar-refractivity contribution in [2.24, 2.45) is 0 Å². The van der Waals surface area contributed by atoms with Crippen LogP contribution in [0, 0.1) is 20.2 Å². The van der Waals surface area contributed by atoms with Crippen molar-refractivity contribution in [2.45, 2.75) is 39.5 Å². The summed E-state index contributed by atoms with van der Waals surface area (Å²) in [5.41, 5.74) is 12.1. The molecule has 2 amide bonds. The fourth-order valence-corrected chi connectivity index (χ4v) is 5.70. The van der Waals surface area contributed by atoms with Crippen molar-refractivity contribution in [2.75, 3.05) is 79.3 Å². The van der Waals surface area contributed by atoms with Crippen molar-refractivity contribution in [1.29, 1.82) is 0 Å². The number of nitro groups is 2. The van der Waals surface area contributed by atoms with Gasteiger partial charge < -0.3 is 41.3 Å². The second kappa shape index (κ2) is 51.4. The number of benzene rings is 2. The van der Waals surface area contributed by atoms with E-state index < -0.39 is 45.0 Å². The molecule has 368 valence electrons. The predicted octanol–water partition coefficient (Wildman–Crippen LogP) is 2.84. The van der Waals surface area contributed by atoms with Gasteiger partial charge in [-0.05, 0) is 74.9 Å². The van der Waals surface area contributed by atoms with Crippen molar-refractivity contribution in [3.8, 4) is 23.5 Å². The molecular weight excluding hydrogens is 1190 g/mol. The van der Waals surface area contributed by atoms with Gasteiger partial charge in [-0.25, -0.2) is 9.59 Å². The Morgan fingerprint density at radius 2 is 1.53 bits per heavy atom. The van der Waals surface area contributed by atoms with Gasteiger partial charge in [-0.2, -0.15) is 19.9 Å². The van der Waals surface area contributed by atoms with Gasteiger partial charge in [0.25, 0.3) is 0 Å². The number of nitrogen functional groups attached to an aromatic ring is 2. The van der Waals surface area contributed by atoms with E-state index in [4.69, 9.17) is 63.1 Å². The van der Waals surface area contributed by atoms with Gasteiger partial charge in [-0.15, -0.1) is 29.8 Å². The summed E-state index contributed by atoms with van der Waals surface area (Å²) in [6, 6.07) is 14.3. The molecule has 0 spiro atoms. The van der Waals surface area contributed by atoms with E-state index >= 15 is 0 Å². The Bertz CT molecular complexity index is 2370. The van der Waals surface area contributed by atoms with Gasteiger partial charge in [-0.1, -0.05) is 55.1 Å². The van der Waals surface area contributed by atoms with Gasteiger partial charge in [0.1, 0.15) is 24.7 Å². The Balaban J connectivity index is -0.00000117. The summed E-state index contributed by atoms with van der Waals surface area (Å²) in [4.78, 5) is 65.3. The summed E-state index contributed by atoms with van der Waals surface area (Å²) in [5.74, 6) is -0.100. The normalized spacial score (nSPS) is 11.5. The molecule has 4 aromatic rings. The maximum absolute atomic E-state index is 12.7. The molecule has 3 heterocycles. The first-order valence-electron chi connectivity index (χ1n) is 23.5. The van der Waals surface area contributed by atoms with Crippen LogP contribution in [0.15, 0.2) is 86.0 Å². The molecule has 0 atom stereocenters. The van der Waals surface area contributed by atoms with E-state index in [-0.39, 0.29) is 121 Å². The van der Waals surface area contributed by atoms with Crippen molar-refractivity contribution in [1.82, 2.24) is 19.9 Å². The topological polar surface area (TPSA) is 286 Å². The molecule has 5 rings (SSSR count). The summed E-state index contributed by atoms with van der Waals surface area (Å²) >= 11 is 17.0. The molecule has 2 aromatic carbocycles. The molecule has 31 heteroatoms. The number of hydrogen-bond acceptors (Lipinski definition) is 18. The minimum absolute atomic E-state index is 0. The fraction of sp³-hybridized carbons (Fsp3) is 0.349. The van der Waals surface area contributed by atoms with E-state index in [2.05, 4.69) is 33.1 Å². The number of hydrogen-bond donors (Lipinski definition) is 2. The monoisotopic (exact) mass is 1240 g/mol. The van der Waals surface area contributed by atoms with E-state index in [0.29, 0.717) is 50.4 Å². The summed E-state index contributed by atoms with van der Waals surface area (Å²) in [6.45, 7) is 11.8. The zero-order chi connectivity index (χ0) is 55.1. The summed E-state index contributed by atoms with van der Waals surface area (Å²) < 4.78 is 32.3. The van der Waals surface area contributed by atoms with E-state index in [1.165, 1.54) is 189 Å². The number of fused-ring (bicyclic) bond motifs is 4. The van der Waals surface area contributed by atoms with Gasteiger partial charge in [0.05, 0.1) is 41.6 Å². The number of alkyl halides is 2. The molecule has 1 aliphatic heterocycles. The third-order valence-corrected chi connectivity index (χ3v) is 8.59. The summed E-state index contributed by atoms with van der Waals surface area (Å²) in [6.07, 6.45) is 7.12. The van der Waals surface area contributed by atoms with Crippen molar-refractivity contribution >= 4 is 259 Å². The van der Waals surface area contributed by atoms with Crippen LogP contribution in [0.25, 0.3) is 0 Å². The minimum atomic E-state index is -0.810. The Morgan fingerprint density at radius 3 is 2.15 bits per heavy atom. The van der Waals surface area contributed by atoms with E-state index in [1.807, 2.05) is 42.5 Å². The number of ether oxygens (including phenoxy) is 6. The zero-order valence-corrected chi connectivity index (χ0v) is 67.3. The van der Waals surface area contributed by atoms with Gasteiger partial charge in [0, 0.05) is 13.1 Å². The predicted molar refractivity (Wildman–Crippen MR) is 288 cm³/mol.